The van der Waals surface area contributed by atoms with Crippen molar-refractivity contribution >= 4 is 40.2 Å². The highest BCUT2D eigenvalue weighted by Crippen LogP contribution is 2.49. The van der Waals surface area contributed by atoms with E-state index in [4.69, 9.17) is 16.3 Å². The summed E-state index contributed by atoms with van der Waals surface area (Å²) in [6, 6.07) is 9.50. The van der Waals surface area contributed by atoms with E-state index in [9.17, 15) is 4.79 Å². The van der Waals surface area contributed by atoms with Gasteiger partial charge < -0.3 is 4.74 Å². The van der Waals surface area contributed by atoms with Crippen molar-refractivity contribution in [3.8, 4) is 10.6 Å². The molecule has 0 N–H and O–H groups in total. The van der Waals surface area contributed by atoms with Gasteiger partial charge in [0.15, 0.2) is 0 Å². The van der Waals surface area contributed by atoms with Gasteiger partial charge in [-0.1, -0.05) is 23.7 Å². The third-order valence-corrected chi connectivity index (χ3v) is 6.08. The number of aromatic nitrogens is 1. The van der Waals surface area contributed by atoms with E-state index in [2.05, 4.69) is 10.4 Å². The van der Waals surface area contributed by atoms with Crippen LogP contribution in [0.1, 0.15) is 24.1 Å². The number of carbonyl (C=O) groups is 1. The van der Waals surface area contributed by atoms with Crippen molar-refractivity contribution in [2.24, 2.45) is 0 Å². The first kappa shape index (κ1) is 15.8. The summed E-state index contributed by atoms with van der Waals surface area (Å²) in [4.78, 5) is 17.1. The van der Waals surface area contributed by atoms with Crippen LogP contribution in [0.4, 0.5) is 0 Å². The molecule has 0 amide bonds. The molecule has 0 bridgehead atoms. The van der Waals surface area contributed by atoms with Gasteiger partial charge in [0.1, 0.15) is 11.6 Å². The van der Waals surface area contributed by atoms with Gasteiger partial charge in [-0.05, 0) is 42.0 Å². The van der Waals surface area contributed by atoms with E-state index >= 15 is 0 Å². The molecule has 1 aliphatic rings. The van der Waals surface area contributed by atoms with Crippen LogP contribution in [0.25, 0.3) is 10.6 Å². The lowest BCUT2D eigenvalue weighted by Gasteiger charge is -2.14. The summed E-state index contributed by atoms with van der Waals surface area (Å²) >= 11 is 9.14. The Bertz CT molecular complexity index is 852. The van der Waals surface area contributed by atoms with Gasteiger partial charge in [-0.2, -0.15) is 11.3 Å². The molecule has 2 aromatic heterocycles. The Hall–Kier alpha value is -1.69. The van der Waals surface area contributed by atoms with E-state index in [0.717, 1.165) is 34.7 Å². The first-order valence-electron chi connectivity index (χ1n) is 7.58. The fraction of sp³-hybridized carbons (Fsp3) is 0.222. The molecule has 2 heterocycles. The Morgan fingerprint density at radius 1 is 1.21 bits per heavy atom. The second-order valence-corrected chi connectivity index (χ2v) is 7.90. The second kappa shape index (κ2) is 6.31. The second-order valence-electron chi connectivity index (χ2n) is 5.82. The predicted octanol–water partition coefficient (Wildman–Crippen LogP) is 5.30. The van der Waals surface area contributed by atoms with Gasteiger partial charge >= 0.3 is 5.97 Å². The molecule has 6 heteroatoms. The zero-order chi connectivity index (χ0) is 16.6. The minimum absolute atomic E-state index is 0.171. The molecular formula is C18H14ClNO2S2. The molecule has 1 fully saturated rings. The van der Waals surface area contributed by atoms with Crippen molar-refractivity contribution in [3.63, 3.8) is 0 Å². The van der Waals surface area contributed by atoms with Crippen LogP contribution in [-0.4, -0.2) is 11.0 Å². The Morgan fingerprint density at radius 2 is 2.00 bits per heavy atom. The lowest BCUT2D eigenvalue weighted by molar-refractivity contribution is -0.148. The zero-order valence-electron chi connectivity index (χ0n) is 12.7. The standard InChI is InChI=1S/C18H14ClNO2S2/c19-14-3-1-13(2-4-14)18(6-7-18)17(21)22-9-15-11-24-16(20-15)12-5-8-23-10-12/h1-5,8,10-11H,6-7,9H2. The highest BCUT2D eigenvalue weighted by atomic mass is 35.5. The molecule has 1 aromatic carbocycles. The maximum Gasteiger partial charge on any atom is 0.316 e. The topological polar surface area (TPSA) is 39.2 Å². The van der Waals surface area contributed by atoms with Crippen molar-refractivity contribution in [2.45, 2.75) is 24.9 Å². The first-order valence-corrected chi connectivity index (χ1v) is 9.78. The van der Waals surface area contributed by atoms with Crippen LogP contribution in [0.15, 0.2) is 46.5 Å². The minimum atomic E-state index is -0.489. The molecule has 1 saturated carbocycles. The van der Waals surface area contributed by atoms with Crippen LogP contribution >= 0.6 is 34.3 Å². The quantitative estimate of drug-likeness (QED) is 0.568. The SMILES string of the molecule is O=C(OCc1csc(-c2ccsc2)n1)C1(c2ccc(Cl)cc2)CC1. The van der Waals surface area contributed by atoms with Crippen LogP contribution in [0.2, 0.25) is 5.02 Å². The van der Waals surface area contributed by atoms with E-state index in [1.807, 2.05) is 41.1 Å². The van der Waals surface area contributed by atoms with Crippen molar-refractivity contribution < 1.29 is 9.53 Å². The minimum Gasteiger partial charge on any atom is -0.458 e. The van der Waals surface area contributed by atoms with Crippen molar-refractivity contribution in [3.05, 3.63) is 62.8 Å². The van der Waals surface area contributed by atoms with Crippen LogP contribution in [0.3, 0.4) is 0 Å². The molecule has 0 radical (unpaired) electrons. The van der Waals surface area contributed by atoms with Gasteiger partial charge in [0, 0.05) is 21.3 Å². The first-order chi connectivity index (χ1) is 11.7. The molecule has 1 aliphatic carbocycles. The number of benzene rings is 1. The summed E-state index contributed by atoms with van der Waals surface area (Å²) in [5, 5.41) is 7.67. The van der Waals surface area contributed by atoms with Crippen molar-refractivity contribution in [1.29, 1.82) is 0 Å². The molecule has 0 spiro atoms. The van der Waals surface area contributed by atoms with E-state index < -0.39 is 5.41 Å². The summed E-state index contributed by atoms with van der Waals surface area (Å²) < 4.78 is 5.55. The number of hydrogen-bond donors (Lipinski definition) is 0. The maximum absolute atomic E-state index is 12.5. The smallest absolute Gasteiger partial charge is 0.316 e. The van der Waals surface area contributed by atoms with E-state index in [0.29, 0.717) is 5.02 Å². The third-order valence-electron chi connectivity index (χ3n) is 4.21. The number of carbonyl (C=O) groups excluding carboxylic acids is 1. The van der Waals surface area contributed by atoms with Gasteiger partial charge in [-0.15, -0.1) is 11.3 Å². The highest BCUT2D eigenvalue weighted by Gasteiger charge is 2.52. The Morgan fingerprint density at radius 3 is 2.67 bits per heavy atom. The van der Waals surface area contributed by atoms with Gasteiger partial charge in [0.2, 0.25) is 0 Å². The number of hydrogen-bond acceptors (Lipinski definition) is 5. The maximum atomic E-state index is 12.5. The van der Waals surface area contributed by atoms with Gasteiger partial charge in [-0.3, -0.25) is 4.79 Å². The van der Waals surface area contributed by atoms with Crippen molar-refractivity contribution in [2.75, 3.05) is 0 Å². The highest BCUT2D eigenvalue weighted by molar-refractivity contribution is 7.14. The molecule has 3 nitrogen and oxygen atoms in total. The lowest BCUT2D eigenvalue weighted by atomic mass is 9.96. The average Bonchev–Trinajstić information content (AvgIpc) is 3.00. The van der Waals surface area contributed by atoms with Crippen LogP contribution < -0.4 is 0 Å². The fourth-order valence-electron chi connectivity index (χ4n) is 2.67. The number of esters is 1. The summed E-state index contributed by atoms with van der Waals surface area (Å²) in [6.45, 7) is 0.217. The molecule has 3 aromatic rings. The van der Waals surface area contributed by atoms with Gasteiger partial charge in [0.25, 0.3) is 0 Å². The Labute approximate surface area is 152 Å². The summed E-state index contributed by atoms with van der Waals surface area (Å²) in [5.74, 6) is -0.171. The van der Waals surface area contributed by atoms with E-state index in [-0.39, 0.29) is 12.6 Å². The Balaban J connectivity index is 1.43. The number of nitrogens with zero attached hydrogens (tertiary/aromatic N) is 1. The molecule has 0 unspecified atom stereocenters. The Kier molecular flexibility index (Phi) is 4.16. The van der Waals surface area contributed by atoms with E-state index in [1.54, 1.807) is 22.7 Å². The summed E-state index contributed by atoms with van der Waals surface area (Å²) in [7, 11) is 0. The zero-order valence-corrected chi connectivity index (χ0v) is 15.1. The normalized spacial score (nSPS) is 15.2. The monoisotopic (exact) mass is 375 g/mol. The molecule has 0 aliphatic heterocycles. The number of thiophene rings is 1. The fourth-order valence-corrected chi connectivity index (χ4v) is 4.32. The third kappa shape index (κ3) is 2.99. The summed E-state index contributed by atoms with van der Waals surface area (Å²) in [5.41, 5.74) is 2.40. The number of ether oxygens (including phenoxy) is 1. The van der Waals surface area contributed by atoms with Gasteiger partial charge in [-0.25, -0.2) is 4.98 Å². The summed E-state index contributed by atoms with van der Waals surface area (Å²) in [6.07, 6.45) is 1.65. The molecule has 24 heavy (non-hydrogen) atoms. The van der Waals surface area contributed by atoms with Crippen LogP contribution in [0.5, 0.6) is 0 Å². The largest absolute Gasteiger partial charge is 0.458 e. The molecule has 0 atom stereocenters. The molecular weight excluding hydrogens is 362 g/mol. The van der Waals surface area contributed by atoms with Crippen molar-refractivity contribution in [1.82, 2.24) is 4.98 Å². The van der Waals surface area contributed by atoms with E-state index in [1.165, 1.54) is 0 Å². The lowest BCUT2D eigenvalue weighted by Crippen LogP contribution is -2.23. The molecule has 122 valence electrons. The van der Waals surface area contributed by atoms with Crippen LogP contribution in [-0.2, 0) is 21.6 Å². The number of halogens is 1. The predicted molar refractivity (Wildman–Crippen MR) is 97.6 cm³/mol. The number of rotatable bonds is 5. The average molecular weight is 376 g/mol. The number of thiazole rings is 1. The van der Waals surface area contributed by atoms with Gasteiger partial charge in [0.05, 0.1) is 11.1 Å². The molecule has 4 rings (SSSR count). The van der Waals surface area contributed by atoms with Crippen LogP contribution in [0, 0.1) is 0 Å². The molecule has 0 saturated heterocycles.